The lowest BCUT2D eigenvalue weighted by Gasteiger charge is -2.35. The summed E-state index contributed by atoms with van der Waals surface area (Å²) in [5.41, 5.74) is 2.97. The van der Waals surface area contributed by atoms with Gasteiger partial charge in [0.1, 0.15) is 17.7 Å². The second-order valence-corrected chi connectivity index (χ2v) is 11.4. The van der Waals surface area contributed by atoms with E-state index in [1.807, 2.05) is 76.2 Å². The maximum absolute atomic E-state index is 14.3. The number of hydrogen-bond donors (Lipinski definition) is 2. The van der Waals surface area contributed by atoms with Crippen LogP contribution in [0, 0.1) is 13.8 Å². The molecular formula is C32H47N3O4. The first kappa shape index (κ1) is 31.9. The van der Waals surface area contributed by atoms with E-state index < -0.39 is 23.8 Å². The lowest BCUT2D eigenvalue weighted by Crippen LogP contribution is -2.54. The second kappa shape index (κ2) is 14.7. The molecule has 0 spiro atoms. The van der Waals surface area contributed by atoms with Gasteiger partial charge in [-0.2, -0.15) is 0 Å². The third kappa shape index (κ3) is 10.0. The van der Waals surface area contributed by atoms with Gasteiger partial charge < -0.3 is 20.3 Å². The summed E-state index contributed by atoms with van der Waals surface area (Å²) in [6.45, 7) is 15.7. The van der Waals surface area contributed by atoms with Gasteiger partial charge in [-0.15, -0.1) is 0 Å². The summed E-state index contributed by atoms with van der Waals surface area (Å²) in [6, 6.07) is 13.7. The molecule has 0 saturated carbocycles. The third-order valence-electron chi connectivity index (χ3n) is 6.41. The minimum Gasteiger partial charge on any atom is -0.444 e. The monoisotopic (exact) mass is 537 g/mol. The van der Waals surface area contributed by atoms with Gasteiger partial charge in [0.25, 0.3) is 0 Å². The Hall–Kier alpha value is -3.35. The fraction of sp³-hybridized carbons (Fsp3) is 0.531. The van der Waals surface area contributed by atoms with Gasteiger partial charge in [0, 0.05) is 19.0 Å². The molecule has 0 aliphatic heterocycles. The van der Waals surface area contributed by atoms with E-state index >= 15 is 0 Å². The maximum atomic E-state index is 14.3. The zero-order valence-electron chi connectivity index (χ0n) is 25.0. The number of nitrogens with zero attached hydrogens (tertiary/aromatic N) is 1. The summed E-state index contributed by atoms with van der Waals surface area (Å²) >= 11 is 0. The Morgan fingerprint density at radius 2 is 1.62 bits per heavy atom. The number of alkyl carbamates (subject to hydrolysis) is 1. The van der Waals surface area contributed by atoms with E-state index in [9.17, 15) is 14.4 Å². The lowest BCUT2D eigenvalue weighted by atomic mass is 9.95. The Balaban J connectivity index is 2.55. The van der Waals surface area contributed by atoms with Gasteiger partial charge >= 0.3 is 6.09 Å². The molecule has 0 aliphatic carbocycles. The van der Waals surface area contributed by atoms with Crippen LogP contribution in [0.25, 0.3) is 0 Å². The zero-order valence-corrected chi connectivity index (χ0v) is 25.0. The first-order valence-electron chi connectivity index (χ1n) is 14.1. The third-order valence-corrected chi connectivity index (χ3v) is 6.41. The predicted molar refractivity (Wildman–Crippen MR) is 156 cm³/mol. The number of benzene rings is 2. The molecule has 0 aromatic heterocycles. The van der Waals surface area contributed by atoms with Gasteiger partial charge in [-0.25, -0.2) is 4.79 Å². The van der Waals surface area contributed by atoms with Crippen LogP contribution < -0.4 is 10.6 Å². The molecule has 2 aromatic rings. The molecule has 0 aliphatic rings. The molecule has 214 valence electrons. The lowest BCUT2D eigenvalue weighted by molar-refractivity contribution is -0.142. The largest absolute Gasteiger partial charge is 0.444 e. The highest BCUT2D eigenvalue weighted by molar-refractivity contribution is 5.92. The van der Waals surface area contributed by atoms with Crippen LogP contribution in [0.4, 0.5) is 4.79 Å². The summed E-state index contributed by atoms with van der Waals surface area (Å²) in [5, 5.41) is 5.94. The average Bonchev–Trinajstić information content (AvgIpc) is 2.83. The van der Waals surface area contributed by atoms with Crippen molar-refractivity contribution in [2.75, 3.05) is 6.54 Å². The molecular weight excluding hydrogens is 490 g/mol. The molecule has 39 heavy (non-hydrogen) atoms. The van der Waals surface area contributed by atoms with E-state index in [-0.39, 0.29) is 24.3 Å². The fourth-order valence-electron chi connectivity index (χ4n) is 4.72. The molecule has 3 atom stereocenters. The van der Waals surface area contributed by atoms with Crippen molar-refractivity contribution in [3.63, 3.8) is 0 Å². The van der Waals surface area contributed by atoms with Crippen LogP contribution >= 0.6 is 0 Å². The SMILES string of the molecule is CCCC(C)NC(=O)C(c1ccc(C)cc1C)N(CCC)C(=O)C(Cc1ccccc1)NC(=O)OC(C)(C)C. The Labute approximate surface area is 234 Å². The van der Waals surface area contributed by atoms with Crippen LogP contribution in [-0.2, 0) is 20.7 Å². The van der Waals surface area contributed by atoms with Crippen LogP contribution in [0.1, 0.15) is 89.1 Å². The number of carbonyl (C=O) groups is 3. The quantitative estimate of drug-likeness (QED) is 0.346. The van der Waals surface area contributed by atoms with Crippen LogP contribution in [0.2, 0.25) is 0 Å². The van der Waals surface area contributed by atoms with Crippen molar-refractivity contribution < 1.29 is 19.1 Å². The van der Waals surface area contributed by atoms with Crippen LogP contribution in [-0.4, -0.2) is 47.0 Å². The highest BCUT2D eigenvalue weighted by atomic mass is 16.6. The summed E-state index contributed by atoms with van der Waals surface area (Å²) < 4.78 is 5.50. The molecule has 2 rings (SSSR count). The molecule has 3 amide bonds. The minimum absolute atomic E-state index is 0.0330. The number of amides is 3. The molecule has 2 aromatic carbocycles. The normalized spacial score (nSPS) is 13.6. The van der Waals surface area contributed by atoms with E-state index in [0.717, 1.165) is 35.1 Å². The number of ether oxygens (including phenoxy) is 1. The van der Waals surface area contributed by atoms with E-state index in [2.05, 4.69) is 17.6 Å². The Morgan fingerprint density at radius 1 is 0.949 bits per heavy atom. The first-order chi connectivity index (χ1) is 18.4. The minimum atomic E-state index is -0.914. The number of rotatable bonds is 12. The van der Waals surface area contributed by atoms with Crippen LogP contribution in [0.5, 0.6) is 0 Å². The molecule has 0 fully saturated rings. The number of nitrogens with one attached hydrogen (secondary N) is 2. The van der Waals surface area contributed by atoms with E-state index in [4.69, 9.17) is 4.74 Å². The van der Waals surface area contributed by atoms with E-state index in [1.165, 1.54) is 0 Å². The summed E-state index contributed by atoms with van der Waals surface area (Å²) in [7, 11) is 0. The molecule has 2 N–H and O–H groups in total. The van der Waals surface area contributed by atoms with E-state index in [0.29, 0.717) is 13.0 Å². The number of carbonyl (C=O) groups excluding carboxylic acids is 3. The molecule has 0 saturated heterocycles. The Bertz CT molecular complexity index is 1090. The van der Waals surface area contributed by atoms with Crippen molar-refractivity contribution in [3.05, 3.63) is 70.8 Å². The number of aryl methyl sites for hydroxylation is 2. The summed E-state index contributed by atoms with van der Waals surface area (Å²) in [6.07, 6.45) is 2.02. The Kier molecular flexibility index (Phi) is 12.0. The fourth-order valence-corrected chi connectivity index (χ4v) is 4.72. The second-order valence-electron chi connectivity index (χ2n) is 11.4. The standard InChI is InChI=1S/C32H47N3O4/c1-9-14-24(5)33-29(36)28(26-18-17-22(3)20-23(26)4)35(19-10-2)30(37)27(21-25-15-12-11-13-16-25)34-31(38)39-32(6,7)8/h11-13,15-18,20,24,27-28H,9-10,14,19,21H2,1-8H3,(H,33,36)(H,34,38). The maximum Gasteiger partial charge on any atom is 0.408 e. The van der Waals surface area contributed by atoms with Gasteiger partial charge in [0.05, 0.1) is 0 Å². The van der Waals surface area contributed by atoms with Crippen molar-refractivity contribution in [1.82, 2.24) is 15.5 Å². The first-order valence-corrected chi connectivity index (χ1v) is 14.1. The smallest absolute Gasteiger partial charge is 0.408 e. The van der Waals surface area contributed by atoms with Gasteiger partial charge in [0.2, 0.25) is 11.8 Å². The topological polar surface area (TPSA) is 87.7 Å². The van der Waals surface area contributed by atoms with E-state index in [1.54, 1.807) is 25.7 Å². The molecule has 0 radical (unpaired) electrons. The van der Waals surface area contributed by atoms with Gasteiger partial charge in [-0.1, -0.05) is 74.4 Å². The summed E-state index contributed by atoms with van der Waals surface area (Å²) in [5.74, 6) is -0.546. The molecule has 7 heteroatoms. The van der Waals surface area contributed by atoms with Crippen molar-refractivity contribution in [1.29, 1.82) is 0 Å². The molecule has 3 unspecified atom stereocenters. The highest BCUT2D eigenvalue weighted by Gasteiger charge is 2.37. The van der Waals surface area contributed by atoms with Crippen molar-refractivity contribution >= 4 is 17.9 Å². The molecule has 7 nitrogen and oxygen atoms in total. The summed E-state index contributed by atoms with van der Waals surface area (Å²) in [4.78, 5) is 42.6. The van der Waals surface area contributed by atoms with Gasteiger partial charge in [0.15, 0.2) is 0 Å². The number of hydrogen-bond acceptors (Lipinski definition) is 4. The average molecular weight is 538 g/mol. The zero-order chi connectivity index (χ0) is 29.2. The van der Waals surface area contributed by atoms with Crippen molar-refractivity contribution in [3.8, 4) is 0 Å². The van der Waals surface area contributed by atoms with Crippen LogP contribution in [0.15, 0.2) is 48.5 Å². The molecule has 0 bridgehead atoms. The molecule has 0 heterocycles. The van der Waals surface area contributed by atoms with Gasteiger partial charge in [-0.05, 0) is 71.1 Å². The predicted octanol–water partition coefficient (Wildman–Crippen LogP) is 6.02. The van der Waals surface area contributed by atoms with Crippen molar-refractivity contribution in [2.45, 2.75) is 105 Å². The van der Waals surface area contributed by atoms with Gasteiger partial charge in [-0.3, -0.25) is 9.59 Å². The Morgan fingerprint density at radius 3 is 2.18 bits per heavy atom. The van der Waals surface area contributed by atoms with Crippen molar-refractivity contribution in [2.24, 2.45) is 0 Å². The highest BCUT2D eigenvalue weighted by Crippen LogP contribution is 2.27. The van der Waals surface area contributed by atoms with Crippen LogP contribution in [0.3, 0.4) is 0 Å².